The predicted octanol–water partition coefficient (Wildman–Crippen LogP) is 3.01. The first-order valence-corrected chi connectivity index (χ1v) is 7.94. The van der Waals surface area contributed by atoms with Crippen molar-refractivity contribution in [1.29, 1.82) is 0 Å². The van der Waals surface area contributed by atoms with Crippen LogP contribution in [0.5, 0.6) is 0 Å². The molecule has 0 aliphatic heterocycles. The molecule has 0 radical (unpaired) electrons. The summed E-state index contributed by atoms with van der Waals surface area (Å²) in [7, 11) is -3.15. The van der Waals surface area contributed by atoms with Gasteiger partial charge in [-0.05, 0) is 30.7 Å². The highest BCUT2D eigenvalue weighted by atomic mass is 32.2. The summed E-state index contributed by atoms with van der Waals surface area (Å²) in [6.07, 6.45) is 1.21. The minimum Gasteiger partial charge on any atom is -0.381 e. The summed E-state index contributed by atoms with van der Waals surface area (Å²) in [5.41, 5.74) is 3.19. The molecule has 4 heteroatoms. The van der Waals surface area contributed by atoms with Crippen molar-refractivity contribution in [1.82, 2.24) is 0 Å². The molecule has 0 fully saturated rings. The Morgan fingerprint density at radius 3 is 2.47 bits per heavy atom. The van der Waals surface area contributed by atoms with Gasteiger partial charge in [-0.2, -0.15) is 0 Å². The van der Waals surface area contributed by atoms with E-state index in [-0.39, 0.29) is 0 Å². The Labute approximate surface area is 114 Å². The van der Waals surface area contributed by atoms with Crippen molar-refractivity contribution in [2.24, 2.45) is 0 Å². The fraction of sp³-hybridized carbons (Fsp3) is 0.200. The average Bonchev–Trinajstić information content (AvgIpc) is 2.36. The van der Waals surface area contributed by atoms with Crippen LogP contribution < -0.4 is 5.32 Å². The Kier molecular flexibility index (Phi) is 3.90. The number of sulfone groups is 1. The van der Waals surface area contributed by atoms with Crippen LogP contribution in [0.15, 0.2) is 53.4 Å². The quantitative estimate of drug-likeness (QED) is 0.933. The van der Waals surface area contributed by atoms with E-state index in [0.29, 0.717) is 11.4 Å². The summed E-state index contributed by atoms with van der Waals surface area (Å²) in [6, 6.07) is 15.1. The molecule has 0 aliphatic rings. The van der Waals surface area contributed by atoms with Crippen LogP contribution in [0.3, 0.4) is 0 Å². The van der Waals surface area contributed by atoms with Crippen LogP contribution in [0.4, 0.5) is 5.69 Å². The molecular formula is C15H17NO2S. The minimum absolute atomic E-state index is 0.335. The number of aryl methyl sites for hydroxylation is 1. The second kappa shape index (κ2) is 5.45. The molecule has 0 atom stereocenters. The van der Waals surface area contributed by atoms with Gasteiger partial charge in [0.1, 0.15) is 0 Å². The Morgan fingerprint density at radius 2 is 1.79 bits per heavy atom. The van der Waals surface area contributed by atoms with Crippen LogP contribution in [0.25, 0.3) is 0 Å². The average molecular weight is 275 g/mol. The number of hydrogen-bond acceptors (Lipinski definition) is 3. The smallest absolute Gasteiger partial charge is 0.175 e. The van der Waals surface area contributed by atoms with E-state index in [2.05, 4.69) is 11.4 Å². The van der Waals surface area contributed by atoms with E-state index in [1.54, 1.807) is 18.2 Å². The van der Waals surface area contributed by atoms with E-state index in [9.17, 15) is 8.42 Å². The zero-order valence-corrected chi connectivity index (χ0v) is 11.9. The summed E-state index contributed by atoms with van der Waals surface area (Å²) in [5, 5.41) is 3.24. The van der Waals surface area contributed by atoms with E-state index in [1.807, 2.05) is 31.2 Å². The summed E-state index contributed by atoms with van der Waals surface area (Å²) < 4.78 is 23.0. The molecule has 0 bridgehead atoms. The molecule has 0 saturated carbocycles. The normalized spacial score (nSPS) is 11.3. The Balaban J connectivity index is 2.12. The maximum Gasteiger partial charge on any atom is 0.175 e. The minimum atomic E-state index is -3.15. The SMILES string of the molecule is Cc1cccc(CNc2cccc(S(C)(=O)=O)c2)c1. The van der Waals surface area contributed by atoms with Gasteiger partial charge in [-0.1, -0.05) is 35.9 Å². The van der Waals surface area contributed by atoms with Gasteiger partial charge in [0.25, 0.3) is 0 Å². The molecule has 0 unspecified atom stereocenters. The molecule has 2 rings (SSSR count). The highest BCUT2D eigenvalue weighted by Crippen LogP contribution is 2.16. The third-order valence-electron chi connectivity index (χ3n) is 2.84. The standard InChI is InChI=1S/C15H17NO2S/c1-12-5-3-6-13(9-12)11-16-14-7-4-8-15(10-14)19(2,17)18/h3-10,16H,11H2,1-2H3. The molecule has 1 N–H and O–H groups in total. The molecule has 0 spiro atoms. The van der Waals surface area contributed by atoms with Crippen molar-refractivity contribution < 1.29 is 8.42 Å². The maximum absolute atomic E-state index is 11.5. The third kappa shape index (κ3) is 3.83. The van der Waals surface area contributed by atoms with Gasteiger partial charge in [0, 0.05) is 18.5 Å². The number of hydrogen-bond donors (Lipinski definition) is 1. The largest absolute Gasteiger partial charge is 0.381 e. The zero-order chi connectivity index (χ0) is 13.9. The summed E-state index contributed by atoms with van der Waals surface area (Å²) in [4.78, 5) is 0.335. The van der Waals surface area contributed by atoms with E-state index in [1.165, 1.54) is 17.4 Å². The lowest BCUT2D eigenvalue weighted by molar-refractivity contribution is 0.602. The van der Waals surface area contributed by atoms with Gasteiger partial charge >= 0.3 is 0 Å². The second-order valence-electron chi connectivity index (χ2n) is 4.64. The van der Waals surface area contributed by atoms with Gasteiger partial charge in [-0.3, -0.25) is 0 Å². The maximum atomic E-state index is 11.5. The monoisotopic (exact) mass is 275 g/mol. The van der Waals surface area contributed by atoms with Crippen LogP contribution in [0, 0.1) is 6.92 Å². The molecule has 0 aromatic heterocycles. The van der Waals surface area contributed by atoms with Crippen LogP contribution in [-0.2, 0) is 16.4 Å². The van der Waals surface area contributed by atoms with E-state index in [4.69, 9.17) is 0 Å². The Morgan fingerprint density at radius 1 is 1.05 bits per heavy atom. The highest BCUT2D eigenvalue weighted by Gasteiger charge is 2.06. The van der Waals surface area contributed by atoms with Gasteiger partial charge in [-0.15, -0.1) is 0 Å². The molecule has 0 amide bonds. The summed E-state index contributed by atoms with van der Waals surface area (Å²) in [6.45, 7) is 2.72. The lowest BCUT2D eigenvalue weighted by Crippen LogP contribution is -2.02. The molecule has 0 aliphatic carbocycles. The fourth-order valence-corrected chi connectivity index (χ4v) is 2.53. The lowest BCUT2D eigenvalue weighted by atomic mass is 10.1. The van der Waals surface area contributed by atoms with Gasteiger partial charge in [0.2, 0.25) is 0 Å². The van der Waals surface area contributed by atoms with Crippen LogP contribution >= 0.6 is 0 Å². The molecule has 2 aromatic carbocycles. The fourth-order valence-electron chi connectivity index (χ4n) is 1.86. The van der Waals surface area contributed by atoms with Crippen molar-refractivity contribution in [2.45, 2.75) is 18.4 Å². The first kappa shape index (κ1) is 13.6. The lowest BCUT2D eigenvalue weighted by Gasteiger charge is -2.08. The van der Waals surface area contributed by atoms with E-state index in [0.717, 1.165) is 5.69 Å². The third-order valence-corrected chi connectivity index (χ3v) is 3.95. The second-order valence-corrected chi connectivity index (χ2v) is 6.66. The van der Waals surface area contributed by atoms with Crippen LogP contribution in [0.1, 0.15) is 11.1 Å². The van der Waals surface area contributed by atoms with Crippen LogP contribution in [-0.4, -0.2) is 14.7 Å². The van der Waals surface area contributed by atoms with Crippen molar-refractivity contribution in [3.05, 3.63) is 59.7 Å². The molecular weight excluding hydrogens is 258 g/mol. The van der Waals surface area contributed by atoms with E-state index >= 15 is 0 Å². The topological polar surface area (TPSA) is 46.2 Å². The highest BCUT2D eigenvalue weighted by molar-refractivity contribution is 7.90. The van der Waals surface area contributed by atoms with Crippen LogP contribution in [0.2, 0.25) is 0 Å². The van der Waals surface area contributed by atoms with Gasteiger partial charge in [0.15, 0.2) is 9.84 Å². The van der Waals surface area contributed by atoms with Crippen molar-refractivity contribution >= 4 is 15.5 Å². The molecule has 19 heavy (non-hydrogen) atoms. The Bertz CT molecular complexity index is 678. The molecule has 0 saturated heterocycles. The van der Waals surface area contributed by atoms with Gasteiger partial charge in [-0.25, -0.2) is 8.42 Å². The van der Waals surface area contributed by atoms with Crippen molar-refractivity contribution in [3.8, 4) is 0 Å². The molecule has 100 valence electrons. The number of anilines is 1. The number of rotatable bonds is 4. The number of nitrogens with one attached hydrogen (secondary N) is 1. The number of benzene rings is 2. The Hall–Kier alpha value is -1.81. The predicted molar refractivity (Wildman–Crippen MR) is 78.1 cm³/mol. The van der Waals surface area contributed by atoms with Crippen molar-refractivity contribution in [2.75, 3.05) is 11.6 Å². The van der Waals surface area contributed by atoms with Gasteiger partial charge < -0.3 is 5.32 Å². The first-order valence-electron chi connectivity index (χ1n) is 6.05. The van der Waals surface area contributed by atoms with Gasteiger partial charge in [0.05, 0.1) is 4.90 Å². The summed E-state index contributed by atoms with van der Waals surface area (Å²) in [5.74, 6) is 0. The molecule has 0 heterocycles. The van der Waals surface area contributed by atoms with E-state index < -0.39 is 9.84 Å². The first-order chi connectivity index (χ1) is 8.95. The summed E-state index contributed by atoms with van der Waals surface area (Å²) >= 11 is 0. The molecule has 2 aromatic rings. The zero-order valence-electron chi connectivity index (χ0n) is 11.1. The molecule has 3 nitrogen and oxygen atoms in total. The van der Waals surface area contributed by atoms with Crippen molar-refractivity contribution in [3.63, 3.8) is 0 Å².